The summed E-state index contributed by atoms with van der Waals surface area (Å²) in [5.41, 5.74) is 7.36. The van der Waals surface area contributed by atoms with Gasteiger partial charge in [0.2, 0.25) is 0 Å². The SMILES string of the molecule is C=C[C@@H]1CC[C@H]2[C@H]3C1=CC[C@H]3[C@@]2(CN)CC(=O)O. The highest BCUT2D eigenvalue weighted by Crippen LogP contribution is 2.69. The second-order valence-corrected chi connectivity index (χ2v) is 6.11. The zero-order valence-electron chi connectivity index (χ0n) is 10.6. The second kappa shape index (κ2) is 3.95. The summed E-state index contributed by atoms with van der Waals surface area (Å²) < 4.78 is 0. The first-order valence-corrected chi connectivity index (χ1v) is 6.88. The van der Waals surface area contributed by atoms with Crippen molar-refractivity contribution in [3.05, 3.63) is 24.3 Å². The summed E-state index contributed by atoms with van der Waals surface area (Å²) in [6, 6.07) is 0. The standard InChI is InChI=1S/C15H21NO2/c1-2-9-3-5-11-14-10(9)4-6-12(14)15(11,8-16)7-13(17)18/h2,4,9,11-12,14H,1,3,5-8,16H2,(H,17,18)/t9-,11+,12-,14-,15-/m1/s1. The number of carbonyl (C=O) groups is 1. The van der Waals surface area contributed by atoms with Crippen molar-refractivity contribution in [1.29, 1.82) is 0 Å². The van der Waals surface area contributed by atoms with Crippen LogP contribution in [0.25, 0.3) is 0 Å². The number of allylic oxidation sites excluding steroid dienone is 3. The Morgan fingerprint density at radius 3 is 2.94 bits per heavy atom. The normalized spacial score (nSPS) is 44.8. The summed E-state index contributed by atoms with van der Waals surface area (Å²) in [6.45, 7) is 4.45. The van der Waals surface area contributed by atoms with E-state index in [1.165, 1.54) is 5.57 Å². The van der Waals surface area contributed by atoms with Gasteiger partial charge in [-0.25, -0.2) is 0 Å². The van der Waals surface area contributed by atoms with Crippen molar-refractivity contribution in [3.8, 4) is 0 Å². The molecule has 18 heavy (non-hydrogen) atoms. The van der Waals surface area contributed by atoms with Crippen LogP contribution in [-0.4, -0.2) is 17.6 Å². The quantitative estimate of drug-likeness (QED) is 0.748. The summed E-state index contributed by atoms with van der Waals surface area (Å²) in [5, 5.41) is 9.17. The summed E-state index contributed by atoms with van der Waals surface area (Å²) in [4.78, 5) is 11.1. The first-order valence-electron chi connectivity index (χ1n) is 6.88. The van der Waals surface area contributed by atoms with Crippen LogP contribution in [0.4, 0.5) is 0 Å². The van der Waals surface area contributed by atoms with E-state index in [4.69, 9.17) is 5.73 Å². The predicted octanol–water partition coefficient (Wildman–Crippen LogP) is 2.19. The van der Waals surface area contributed by atoms with Gasteiger partial charge < -0.3 is 10.8 Å². The zero-order chi connectivity index (χ0) is 12.9. The maximum absolute atomic E-state index is 11.1. The van der Waals surface area contributed by atoms with E-state index >= 15 is 0 Å². The lowest BCUT2D eigenvalue weighted by Crippen LogP contribution is -2.61. The largest absolute Gasteiger partial charge is 0.481 e. The van der Waals surface area contributed by atoms with Crippen molar-refractivity contribution in [2.24, 2.45) is 34.8 Å². The minimum atomic E-state index is -0.696. The molecule has 0 unspecified atom stereocenters. The fraction of sp³-hybridized carbons (Fsp3) is 0.667. The Labute approximate surface area is 108 Å². The molecule has 2 fully saturated rings. The molecule has 0 aromatic carbocycles. The van der Waals surface area contributed by atoms with Crippen LogP contribution in [0, 0.1) is 29.1 Å². The summed E-state index contributed by atoms with van der Waals surface area (Å²) in [5.74, 6) is 1.40. The molecule has 3 heteroatoms. The van der Waals surface area contributed by atoms with Crippen LogP contribution < -0.4 is 5.73 Å². The van der Waals surface area contributed by atoms with Gasteiger partial charge >= 0.3 is 5.97 Å². The highest BCUT2D eigenvalue weighted by molar-refractivity contribution is 5.68. The molecule has 0 amide bonds. The molecule has 3 N–H and O–H groups in total. The average molecular weight is 247 g/mol. The monoisotopic (exact) mass is 247 g/mol. The molecule has 0 aromatic heterocycles. The van der Waals surface area contributed by atoms with E-state index in [0.717, 1.165) is 19.3 Å². The topological polar surface area (TPSA) is 63.3 Å². The van der Waals surface area contributed by atoms with E-state index in [1.54, 1.807) is 0 Å². The van der Waals surface area contributed by atoms with Crippen LogP contribution in [0.3, 0.4) is 0 Å². The van der Waals surface area contributed by atoms with E-state index < -0.39 is 5.97 Å². The van der Waals surface area contributed by atoms with E-state index in [0.29, 0.717) is 30.2 Å². The summed E-state index contributed by atoms with van der Waals surface area (Å²) in [6.07, 6.45) is 7.89. The first kappa shape index (κ1) is 12.0. The van der Waals surface area contributed by atoms with E-state index in [2.05, 4.69) is 18.7 Å². The molecule has 0 radical (unpaired) electrons. The lowest BCUT2D eigenvalue weighted by atomic mass is 9.42. The number of hydrogen-bond acceptors (Lipinski definition) is 2. The van der Waals surface area contributed by atoms with Crippen molar-refractivity contribution < 1.29 is 9.90 Å². The van der Waals surface area contributed by atoms with E-state index in [9.17, 15) is 9.90 Å². The molecule has 0 aliphatic heterocycles. The molecule has 3 aliphatic rings. The fourth-order valence-electron chi connectivity index (χ4n) is 4.96. The Bertz CT molecular complexity index is 428. The van der Waals surface area contributed by atoms with Gasteiger partial charge in [0.05, 0.1) is 6.42 Å². The van der Waals surface area contributed by atoms with Crippen molar-refractivity contribution >= 4 is 5.97 Å². The maximum atomic E-state index is 11.1. The lowest BCUT2D eigenvalue weighted by Gasteiger charge is -2.62. The molecular weight excluding hydrogens is 226 g/mol. The van der Waals surface area contributed by atoms with Crippen LogP contribution in [0.15, 0.2) is 24.3 Å². The Balaban J connectivity index is 1.89. The van der Waals surface area contributed by atoms with Gasteiger partial charge in [0, 0.05) is 5.41 Å². The summed E-state index contributed by atoms with van der Waals surface area (Å²) >= 11 is 0. The Kier molecular flexibility index (Phi) is 2.63. The summed E-state index contributed by atoms with van der Waals surface area (Å²) in [7, 11) is 0. The van der Waals surface area contributed by atoms with Gasteiger partial charge in [-0.15, -0.1) is 6.58 Å². The third kappa shape index (κ3) is 1.31. The van der Waals surface area contributed by atoms with Gasteiger partial charge in [0.15, 0.2) is 0 Å². The van der Waals surface area contributed by atoms with E-state index in [1.807, 2.05) is 0 Å². The molecule has 0 spiro atoms. The predicted molar refractivity (Wildman–Crippen MR) is 69.8 cm³/mol. The third-order valence-corrected chi connectivity index (χ3v) is 5.70. The maximum Gasteiger partial charge on any atom is 0.303 e. The molecule has 0 heterocycles. The minimum absolute atomic E-state index is 0.138. The van der Waals surface area contributed by atoms with E-state index in [-0.39, 0.29) is 11.8 Å². The van der Waals surface area contributed by atoms with Crippen LogP contribution in [-0.2, 0) is 4.79 Å². The average Bonchev–Trinajstić information content (AvgIpc) is 2.77. The van der Waals surface area contributed by atoms with Crippen molar-refractivity contribution in [1.82, 2.24) is 0 Å². The van der Waals surface area contributed by atoms with Gasteiger partial charge in [-0.05, 0) is 49.5 Å². The molecule has 0 saturated heterocycles. The highest BCUT2D eigenvalue weighted by Gasteiger charge is 2.64. The van der Waals surface area contributed by atoms with Gasteiger partial charge in [-0.2, -0.15) is 0 Å². The minimum Gasteiger partial charge on any atom is -0.481 e. The van der Waals surface area contributed by atoms with Gasteiger partial charge in [-0.1, -0.05) is 17.7 Å². The second-order valence-electron chi connectivity index (χ2n) is 6.11. The van der Waals surface area contributed by atoms with Gasteiger partial charge in [0.25, 0.3) is 0 Å². The zero-order valence-corrected chi connectivity index (χ0v) is 10.6. The van der Waals surface area contributed by atoms with Crippen LogP contribution in [0.2, 0.25) is 0 Å². The highest BCUT2D eigenvalue weighted by atomic mass is 16.4. The lowest BCUT2D eigenvalue weighted by molar-refractivity contribution is -0.157. The van der Waals surface area contributed by atoms with Crippen LogP contribution >= 0.6 is 0 Å². The third-order valence-electron chi connectivity index (χ3n) is 5.70. The molecule has 98 valence electrons. The molecule has 5 atom stereocenters. The molecule has 3 rings (SSSR count). The fourth-order valence-corrected chi connectivity index (χ4v) is 4.96. The first-order chi connectivity index (χ1) is 8.64. The van der Waals surface area contributed by atoms with Gasteiger partial charge in [0.1, 0.15) is 0 Å². The molecular formula is C15H21NO2. The smallest absolute Gasteiger partial charge is 0.303 e. The van der Waals surface area contributed by atoms with Crippen LogP contribution in [0.1, 0.15) is 25.7 Å². The number of rotatable bonds is 4. The molecule has 3 aliphatic carbocycles. The molecule has 0 bridgehead atoms. The Morgan fingerprint density at radius 1 is 1.56 bits per heavy atom. The Morgan fingerprint density at radius 2 is 2.33 bits per heavy atom. The van der Waals surface area contributed by atoms with Gasteiger partial charge in [-0.3, -0.25) is 4.79 Å². The molecule has 3 nitrogen and oxygen atoms in total. The van der Waals surface area contributed by atoms with Crippen molar-refractivity contribution in [3.63, 3.8) is 0 Å². The number of carboxylic acids is 1. The van der Waals surface area contributed by atoms with Crippen LogP contribution in [0.5, 0.6) is 0 Å². The van der Waals surface area contributed by atoms with Crippen molar-refractivity contribution in [2.45, 2.75) is 25.7 Å². The van der Waals surface area contributed by atoms with Crippen molar-refractivity contribution in [2.75, 3.05) is 6.54 Å². The number of aliphatic carboxylic acids is 1. The number of nitrogens with two attached hydrogens (primary N) is 1. The number of hydrogen-bond donors (Lipinski definition) is 2. The number of carboxylic acid groups (broad SMARTS) is 1. The molecule has 0 aromatic rings. The Hall–Kier alpha value is -1.09. The molecule has 2 saturated carbocycles.